The number of aromatic nitrogens is 2. The molecule has 0 aliphatic heterocycles. The fraction of sp³-hybridized carbons (Fsp3) is 0.286. The third kappa shape index (κ3) is 4.81. The highest BCUT2D eigenvalue weighted by molar-refractivity contribution is 7.15. The van der Waals surface area contributed by atoms with E-state index in [4.69, 9.17) is 0 Å². The lowest BCUT2D eigenvalue weighted by atomic mass is 10.2. The van der Waals surface area contributed by atoms with E-state index in [0.717, 1.165) is 10.6 Å². The SMILES string of the molecule is Cc1nnc(NC(=O)N[C@@H](C)C(=O)NCc2ccccc2)s1. The molecule has 3 amide bonds. The summed E-state index contributed by atoms with van der Waals surface area (Å²) in [6, 6.07) is 8.42. The number of aryl methyl sites for hydroxylation is 1. The second-order valence-corrected chi connectivity index (χ2v) is 5.83. The summed E-state index contributed by atoms with van der Waals surface area (Å²) >= 11 is 1.26. The third-order valence-corrected chi connectivity index (χ3v) is 3.55. The number of rotatable bonds is 5. The second-order valence-electron chi connectivity index (χ2n) is 4.65. The molecule has 0 fully saturated rings. The monoisotopic (exact) mass is 319 g/mol. The Morgan fingerprint density at radius 2 is 1.95 bits per heavy atom. The zero-order valence-electron chi connectivity index (χ0n) is 12.3. The molecule has 0 radical (unpaired) electrons. The van der Waals surface area contributed by atoms with Crippen molar-refractivity contribution in [3.8, 4) is 0 Å². The van der Waals surface area contributed by atoms with Crippen molar-refractivity contribution in [1.29, 1.82) is 0 Å². The largest absolute Gasteiger partial charge is 0.350 e. The number of anilines is 1. The van der Waals surface area contributed by atoms with Gasteiger partial charge in [0, 0.05) is 6.54 Å². The highest BCUT2D eigenvalue weighted by Gasteiger charge is 2.16. The van der Waals surface area contributed by atoms with E-state index < -0.39 is 12.1 Å². The van der Waals surface area contributed by atoms with Crippen molar-refractivity contribution in [2.75, 3.05) is 5.32 Å². The molecule has 7 nitrogen and oxygen atoms in total. The van der Waals surface area contributed by atoms with Gasteiger partial charge >= 0.3 is 6.03 Å². The maximum Gasteiger partial charge on any atom is 0.321 e. The van der Waals surface area contributed by atoms with E-state index in [2.05, 4.69) is 26.1 Å². The van der Waals surface area contributed by atoms with Crippen LogP contribution in [0, 0.1) is 6.92 Å². The normalized spacial score (nSPS) is 11.5. The number of amides is 3. The van der Waals surface area contributed by atoms with Crippen LogP contribution in [0.5, 0.6) is 0 Å². The van der Waals surface area contributed by atoms with Crippen LogP contribution in [0.3, 0.4) is 0 Å². The second kappa shape index (κ2) is 7.51. The van der Waals surface area contributed by atoms with E-state index >= 15 is 0 Å². The van der Waals surface area contributed by atoms with Crippen LogP contribution in [0.1, 0.15) is 17.5 Å². The molecule has 2 aromatic rings. The molecule has 3 N–H and O–H groups in total. The first-order chi connectivity index (χ1) is 10.5. The number of carbonyl (C=O) groups excluding carboxylic acids is 2. The van der Waals surface area contributed by atoms with Crippen molar-refractivity contribution in [2.45, 2.75) is 26.4 Å². The Morgan fingerprint density at radius 1 is 1.23 bits per heavy atom. The van der Waals surface area contributed by atoms with Gasteiger partial charge in [0.2, 0.25) is 11.0 Å². The fourth-order valence-corrected chi connectivity index (χ4v) is 2.27. The van der Waals surface area contributed by atoms with Crippen LogP contribution in [-0.4, -0.2) is 28.2 Å². The maximum atomic E-state index is 11.9. The van der Waals surface area contributed by atoms with Gasteiger partial charge in [-0.1, -0.05) is 41.7 Å². The van der Waals surface area contributed by atoms with Gasteiger partial charge in [0.1, 0.15) is 11.0 Å². The molecule has 0 saturated heterocycles. The summed E-state index contributed by atoms with van der Waals surface area (Å²) < 4.78 is 0. The van der Waals surface area contributed by atoms with E-state index in [0.29, 0.717) is 11.7 Å². The Bertz CT molecular complexity index is 644. The number of nitrogens with one attached hydrogen (secondary N) is 3. The number of hydrogen-bond donors (Lipinski definition) is 3. The average molecular weight is 319 g/mol. The van der Waals surface area contributed by atoms with E-state index in [9.17, 15) is 9.59 Å². The number of urea groups is 1. The highest BCUT2D eigenvalue weighted by atomic mass is 32.1. The van der Waals surface area contributed by atoms with Crippen molar-refractivity contribution in [3.05, 3.63) is 40.9 Å². The van der Waals surface area contributed by atoms with Crippen LogP contribution in [0.4, 0.5) is 9.93 Å². The summed E-state index contributed by atoms with van der Waals surface area (Å²) in [6.07, 6.45) is 0. The molecule has 0 aliphatic rings. The van der Waals surface area contributed by atoms with Crippen LogP contribution in [0.2, 0.25) is 0 Å². The lowest BCUT2D eigenvalue weighted by Gasteiger charge is -2.14. The first-order valence-corrected chi connectivity index (χ1v) is 7.55. The minimum absolute atomic E-state index is 0.257. The molecule has 116 valence electrons. The summed E-state index contributed by atoms with van der Waals surface area (Å²) in [5.74, 6) is -0.257. The van der Waals surface area contributed by atoms with Crippen LogP contribution < -0.4 is 16.0 Å². The van der Waals surface area contributed by atoms with Gasteiger partial charge in [0.05, 0.1) is 0 Å². The van der Waals surface area contributed by atoms with Crippen molar-refractivity contribution in [3.63, 3.8) is 0 Å². The van der Waals surface area contributed by atoms with Crippen LogP contribution in [0.15, 0.2) is 30.3 Å². The molecular formula is C14H17N5O2S. The van der Waals surface area contributed by atoms with Gasteiger partial charge < -0.3 is 10.6 Å². The molecule has 0 bridgehead atoms. The number of carbonyl (C=O) groups is 2. The van der Waals surface area contributed by atoms with E-state index in [1.807, 2.05) is 30.3 Å². The Hall–Kier alpha value is -2.48. The van der Waals surface area contributed by atoms with Gasteiger partial charge in [0.15, 0.2) is 0 Å². The number of nitrogens with zero attached hydrogens (tertiary/aromatic N) is 2. The van der Waals surface area contributed by atoms with Gasteiger partial charge in [-0.05, 0) is 19.4 Å². The Morgan fingerprint density at radius 3 is 2.59 bits per heavy atom. The van der Waals surface area contributed by atoms with Crippen LogP contribution >= 0.6 is 11.3 Å². The summed E-state index contributed by atoms with van der Waals surface area (Å²) in [6.45, 7) is 3.83. The van der Waals surface area contributed by atoms with Gasteiger partial charge in [-0.25, -0.2) is 4.79 Å². The van der Waals surface area contributed by atoms with Crippen molar-refractivity contribution < 1.29 is 9.59 Å². The summed E-state index contributed by atoms with van der Waals surface area (Å²) in [5, 5.41) is 16.6. The predicted octanol–water partition coefficient (Wildman–Crippen LogP) is 1.67. The lowest BCUT2D eigenvalue weighted by molar-refractivity contribution is -0.122. The van der Waals surface area contributed by atoms with Gasteiger partial charge in [-0.3, -0.25) is 10.1 Å². The topological polar surface area (TPSA) is 96.0 Å². The third-order valence-electron chi connectivity index (χ3n) is 2.80. The molecule has 1 aromatic carbocycles. The Kier molecular flexibility index (Phi) is 5.42. The molecule has 1 heterocycles. The quantitative estimate of drug-likeness (QED) is 0.781. The Balaban J connectivity index is 1.77. The predicted molar refractivity (Wildman–Crippen MR) is 84.6 cm³/mol. The van der Waals surface area contributed by atoms with Gasteiger partial charge in [-0.2, -0.15) is 0 Å². The smallest absolute Gasteiger partial charge is 0.321 e. The molecule has 2 rings (SSSR count). The summed E-state index contributed by atoms with van der Waals surface area (Å²) in [7, 11) is 0. The average Bonchev–Trinajstić information content (AvgIpc) is 2.90. The van der Waals surface area contributed by atoms with Gasteiger partial charge in [-0.15, -0.1) is 10.2 Å². The van der Waals surface area contributed by atoms with Crippen LogP contribution in [0.25, 0.3) is 0 Å². The zero-order chi connectivity index (χ0) is 15.9. The molecule has 8 heteroatoms. The van der Waals surface area contributed by atoms with Crippen molar-refractivity contribution in [1.82, 2.24) is 20.8 Å². The van der Waals surface area contributed by atoms with E-state index in [1.165, 1.54) is 11.3 Å². The molecular weight excluding hydrogens is 302 g/mol. The molecule has 1 aromatic heterocycles. The maximum absolute atomic E-state index is 11.9. The zero-order valence-corrected chi connectivity index (χ0v) is 13.1. The highest BCUT2D eigenvalue weighted by Crippen LogP contribution is 2.13. The Labute approximate surface area is 132 Å². The minimum atomic E-state index is -0.655. The van der Waals surface area contributed by atoms with E-state index in [1.54, 1.807) is 13.8 Å². The van der Waals surface area contributed by atoms with Crippen LogP contribution in [-0.2, 0) is 11.3 Å². The summed E-state index contributed by atoms with van der Waals surface area (Å²) in [5.41, 5.74) is 0.997. The van der Waals surface area contributed by atoms with Crippen molar-refractivity contribution in [2.24, 2.45) is 0 Å². The molecule has 0 unspecified atom stereocenters. The van der Waals surface area contributed by atoms with E-state index in [-0.39, 0.29) is 5.91 Å². The molecule has 0 spiro atoms. The number of benzene rings is 1. The molecule has 0 aliphatic carbocycles. The molecule has 1 atom stereocenters. The first-order valence-electron chi connectivity index (χ1n) is 6.74. The first kappa shape index (κ1) is 15.9. The van der Waals surface area contributed by atoms with Crippen molar-refractivity contribution >= 4 is 28.4 Å². The molecule has 22 heavy (non-hydrogen) atoms. The number of hydrogen-bond acceptors (Lipinski definition) is 5. The standard InChI is InChI=1S/C14H17N5O2S/c1-9(12(20)15-8-11-6-4-3-5-7-11)16-13(21)17-14-19-18-10(2)22-14/h3-7,9H,8H2,1-2H3,(H,15,20)(H2,16,17,19,21)/t9-/m0/s1. The molecule has 0 saturated carbocycles. The minimum Gasteiger partial charge on any atom is -0.350 e. The fourth-order valence-electron chi connectivity index (χ4n) is 1.68. The summed E-state index contributed by atoms with van der Waals surface area (Å²) in [4.78, 5) is 23.7. The lowest BCUT2D eigenvalue weighted by Crippen LogP contribution is -2.46. The van der Waals surface area contributed by atoms with Gasteiger partial charge in [0.25, 0.3) is 0 Å².